The van der Waals surface area contributed by atoms with Crippen molar-refractivity contribution in [1.29, 1.82) is 0 Å². The monoisotopic (exact) mass is 529 g/mol. The van der Waals surface area contributed by atoms with Crippen LogP contribution in [0.2, 0.25) is 0 Å². The van der Waals surface area contributed by atoms with Crippen molar-refractivity contribution >= 4 is 42.0 Å². The summed E-state index contributed by atoms with van der Waals surface area (Å²) in [5, 5.41) is 2.99. The smallest absolute Gasteiger partial charge is 0.325 e. The normalized spacial score (nSPS) is 18.6. The Hall–Kier alpha value is -1.92. The van der Waals surface area contributed by atoms with E-state index in [1.165, 1.54) is 49.4 Å². The van der Waals surface area contributed by atoms with Gasteiger partial charge in [0.25, 0.3) is 0 Å². The molecule has 36 heavy (non-hydrogen) atoms. The molecule has 194 valence electrons. The third-order valence-electron chi connectivity index (χ3n) is 6.74. The molecular formula is C28H36NO5PS. The van der Waals surface area contributed by atoms with Crippen LogP contribution >= 0.6 is 19.4 Å². The Labute approximate surface area is 218 Å². The molecule has 1 saturated carbocycles. The summed E-state index contributed by atoms with van der Waals surface area (Å²) in [6.45, 7) is 4.60. The number of hydrogen-bond acceptors (Lipinski definition) is 6. The maximum Gasteiger partial charge on any atom is 0.361 e. The van der Waals surface area contributed by atoms with Gasteiger partial charge in [0.05, 0.1) is 24.3 Å². The van der Waals surface area contributed by atoms with E-state index in [9.17, 15) is 14.2 Å². The van der Waals surface area contributed by atoms with Gasteiger partial charge in [0.15, 0.2) is 5.78 Å². The number of benzene rings is 2. The zero-order valence-corrected chi connectivity index (χ0v) is 22.9. The number of Topliss-reactive ketones (excluding diaryl/α,β-unsaturated/α-hetero) is 1. The quantitative estimate of drug-likeness (QED) is 0.333. The molecule has 1 unspecified atom stereocenters. The molecular weight excluding hydrogens is 493 g/mol. The lowest BCUT2D eigenvalue weighted by Gasteiger charge is -2.27. The molecule has 1 atom stereocenters. The lowest BCUT2D eigenvalue weighted by atomic mass is 9.82. The second-order valence-electron chi connectivity index (χ2n) is 9.50. The Balaban J connectivity index is 1.48. The number of ketones is 1. The van der Waals surface area contributed by atoms with E-state index in [4.69, 9.17) is 9.05 Å². The lowest BCUT2D eigenvalue weighted by molar-refractivity contribution is -0.115. The van der Waals surface area contributed by atoms with Gasteiger partial charge in [-0.3, -0.25) is 14.2 Å². The van der Waals surface area contributed by atoms with Crippen LogP contribution in [0.3, 0.4) is 0 Å². The largest absolute Gasteiger partial charge is 0.361 e. The van der Waals surface area contributed by atoms with Gasteiger partial charge in [-0.2, -0.15) is 0 Å². The first-order valence-corrected chi connectivity index (χ1v) is 15.6. The predicted molar refractivity (Wildman–Crippen MR) is 147 cm³/mol. The van der Waals surface area contributed by atoms with Crippen molar-refractivity contribution in [2.45, 2.75) is 70.0 Å². The standard InChI is InChI=1S/C28H36NO5PS/c1-3-16-33-35(32,34-17-4-2)23-13-11-22(12-14-23)29-28(31)27-24-15-10-21(20-8-6-5-7-9-20)18-25(24)26(30)19-36-27/h10-15,18,20,27H,3-9,16-17,19H2,1-2H3,(H,29,31). The zero-order valence-electron chi connectivity index (χ0n) is 21.2. The van der Waals surface area contributed by atoms with Crippen LogP contribution in [0.5, 0.6) is 0 Å². The molecule has 8 heteroatoms. The van der Waals surface area contributed by atoms with Crippen LogP contribution in [-0.2, 0) is 18.4 Å². The Morgan fingerprint density at radius 1 is 1.00 bits per heavy atom. The van der Waals surface area contributed by atoms with E-state index in [0.717, 1.165) is 18.4 Å². The first-order chi connectivity index (χ1) is 17.4. The van der Waals surface area contributed by atoms with Gasteiger partial charge in [0.1, 0.15) is 5.25 Å². The van der Waals surface area contributed by atoms with Crippen LogP contribution in [0.4, 0.5) is 5.69 Å². The topological polar surface area (TPSA) is 81.7 Å². The molecule has 1 fully saturated rings. The fraction of sp³-hybridized carbons (Fsp3) is 0.500. The first kappa shape index (κ1) is 27.1. The highest BCUT2D eigenvalue weighted by Gasteiger charge is 2.32. The van der Waals surface area contributed by atoms with Gasteiger partial charge in [-0.25, -0.2) is 0 Å². The summed E-state index contributed by atoms with van der Waals surface area (Å²) in [6.07, 6.45) is 7.57. The minimum atomic E-state index is -3.41. The third-order valence-corrected chi connectivity index (χ3v) is 9.94. The Morgan fingerprint density at radius 2 is 1.67 bits per heavy atom. The number of thioether (sulfide) groups is 1. The van der Waals surface area contributed by atoms with Crippen molar-refractivity contribution in [1.82, 2.24) is 0 Å². The molecule has 2 aliphatic rings. The van der Waals surface area contributed by atoms with Gasteiger partial charge in [0, 0.05) is 11.3 Å². The van der Waals surface area contributed by atoms with Gasteiger partial charge in [-0.05, 0) is 73.1 Å². The average Bonchev–Trinajstić information content (AvgIpc) is 2.91. The molecule has 1 heterocycles. The third kappa shape index (κ3) is 6.31. The van der Waals surface area contributed by atoms with Crippen LogP contribution in [0.15, 0.2) is 42.5 Å². The molecule has 0 spiro atoms. The highest BCUT2D eigenvalue weighted by molar-refractivity contribution is 8.01. The summed E-state index contributed by atoms with van der Waals surface area (Å²) >= 11 is 1.36. The van der Waals surface area contributed by atoms with E-state index in [1.54, 1.807) is 24.3 Å². The van der Waals surface area contributed by atoms with Crippen molar-refractivity contribution < 1.29 is 23.2 Å². The van der Waals surface area contributed by atoms with Crippen molar-refractivity contribution in [2.24, 2.45) is 0 Å². The molecule has 1 amide bonds. The molecule has 1 aliphatic carbocycles. The van der Waals surface area contributed by atoms with Crippen LogP contribution in [0, 0.1) is 0 Å². The van der Waals surface area contributed by atoms with E-state index in [1.807, 2.05) is 26.0 Å². The fourth-order valence-electron chi connectivity index (χ4n) is 4.82. The summed E-state index contributed by atoms with van der Waals surface area (Å²) in [7, 11) is -3.41. The highest BCUT2D eigenvalue weighted by Crippen LogP contribution is 2.47. The van der Waals surface area contributed by atoms with Gasteiger partial charge in [0.2, 0.25) is 5.91 Å². The predicted octanol–water partition coefficient (Wildman–Crippen LogP) is 7.02. The van der Waals surface area contributed by atoms with Gasteiger partial charge in [-0.1, -0.05) is 45.2 Å². The number of nitrogens with one attached hydrogen (secondary N) is 1. The average molecular weight is 530 g/mol. The van der Waals surface area contributed by atoms with E-state index in [0.29, 0.717) is 41.4 Å². The van der Waals surface area contributed by atoms with Crippen molar-refractivity contribution in [2.75, 3.05) is 24.3 Å². The fourth-order valence-corrected chi connectivity index (χ4v) is 7.62. The summed E-state index contributed by atoms with van der Waals surface area (Å²) in [5.74, 6) is 0.733. The van der Waals surface area contributed by atoms with Crippen molar-refractivity contribution in [3.63, 3.8) is 0 Å². The van der Waals surface area contributed by atoms with Crippen LogP contribution in [0.25, 0.3) is 0 Å². The molecule has 4 rings (SSSR count). The van der Waals surface area contributed by atoms with Crippen LogP contribution in [0.1, 0.15) is 91.4 Å². The maximum absolute atomic E-state index is 13.3. The molecule has 1 aliphatic heterocycles. The van der Waals surface area contributed by atoms with E-state index < -0.39 is 12.8 Å². The molecule has 6 nitrogen and oxygen atoms in total. The molecule has 1 N–H and O–H groups in total. The molecule has 0 aromatic heterocycles. The summed E-state index contributed by atoms with van der Waals surface area (Å²) in [5.41, 5.74) is 3.30. The SMILES string of the molecule is CCCOP(=O)(OCCC)c1ccc(NC(=O)C2SCC(=O)c3cc(C4CCCCC4)ccc32)cc1. The molecule has 0 saturated heterocycles. The highest BCUT2D eigenvalue weighted by atomic mass is 32.2. The number of fused-ring (bicyclic) bond motifs is 1. The van der Waals surface area contributed by atoms with Crippen LogP contribution < -0.4 is 10.6 Å². The number of amides is 1. The van der Waals surface area contributed by atoms with E-state index in [2.05, 4.69) is 11.4 Å². The number of anilines is 1. The molecule has 0 bridgehead atoms. The van der Waals surface area contributed by atoms with E-state index >= 15 is 0 Å². The van der Waals surface area contributed by atoms with Crippen LogP contribution in [-0.4, -0.2) is 30.7 Å². The number of hydrogen-bond donors (Lipinski definition) is 1. The Kier molecular flexibility index (Phi) is 9.46. The van der Waals surface area contributed by atoms with Crippen molar-refractivity contribution in [3.05, 3.63) is 59.2 Å². The lowest BCUT2D eigenvalue weighted by Crippen LogP contribution is -2.26. The Morgan fingerprint density at radius 3 is 2.31 bits per heavy atom. The Bertz CT molecular complexity index is 1100. The van der Waals surface area contributed by atoms with Gasteiger partial charge in [-0.15, -0.1) is 11.8 Å². The number of rotatable bonds is 10. The summed E-state index contributed by atoms with van der Waals surface area (Å²) in [6, 6.07) is 12.9. The van der Waals surface area contributed by atoms with Gasteiger partial charge >= 0.3 is 7.60 Å². The summed E-state index contributed by atoms with van der Waals surface area (Å²) < 4.78 is 24.4. The number of carbonyl (C=O) groups excluding carboxylic acids is 2. The number of carbonyl (C=O) groups is 2. The van der Waals surface area contributed by atoms with Crippen molar-refractivity contribution in [3.8, 4) is 0 Å². The first-order valence-electron chi connectivity index (χ1n) is 13.0. The van der Waals surface area contributed by atoms with Gasteiger partial charge < -0.3 is 14.4 Å². The second kappa shape index (κ2) is 12.6. The minimum absolute atomic E-state index is 0.0935. The van der Waals surface area contributed by atoms with E-state index in [-0.39, 0.29) is 11.7 Å². The molecule has 2 aromatic carbocycles. The maximum atomic E-state index is 13.3. The summed E-state index contributed by atoms with van der Waals surface area (Å²) in [4.78, 5) is 26.0. The molecule has 0 radical (unpaired) electrons. The second-order valence-corrected chi connectivity index (χ2v) is 12.6. The minimum Gasteiger partial charge on any atom is -0.325 e. The zero-order chi connectivity index (χ0) is 25.5. The molecule has 2 aromatic rings.